The summed E-state index contributed by atoms with van der Waals surface area (Å²) in [4.78, 5) is 28.0. The van der Waals surface area contributed by atoms with Gasteiger partial charge in [0.2, 0.25) is 11.8 Å². The van der Waals surface area contributed by atoms with Gasteiger partial charge < -0.3 is 15.2 Å². The van der Waals surface area contributed by atoms with Crippen LogP contribution in [0.15, 0.2) is 43.0 Å². The van der Waals surface area contributed by atoms with Crippen molar-refractivity contribution in [1.82, 2.24) is 14.9 Å². The zero-order chi connectivity index (χ0) is 17.0. The van der Waals surface area contributed by atoms with Crippen molar-refractivity contribution in [2.24, 2.45) is 5.41 Å². The highest BCUT2D eigenvalue weighted by Gasteiger charge is 2.25. The molecule has 6 heteroatoms. The molecule has 6 nitrogen and oxygen atoms in total. The number of benzene rings is 1. The summed E-state index contributed by atoms with van der Waals surface area (Å²) in [5, 5.41) is 5.50. The van der Waals surface area contributed by atoms with Crippen LogP contribution in [-0.2, 0) is 9.59 Å². The SMILES string of the molecule is C[C@H](NC(=O)C(C)(C)C)C(=O)Nc1ccc(-n2ccnc2)cc1. The molecule has 0 aliphatic heterocycles. The Labute approximate surface area is 135 Å². The normalized spacial score (nSPS) is 12.5. The molecule has 0 spiro atoms. The third kappa shape index (κ3) is 4.42. The van der Waals surface area contributed by atoms with Crippen LogP contribution in [0.4, 0.5) is 5.69 Å². The number of carbonyl (C=O) groups is 2. The molecule has 2 aromatic rings. The molecule has 1 aromatic carbocycles. The van der Waals surface area contributed by atoms with E-state index in [-0.39, 0.29) is 11.8 Å². The van der Waals surface area contributed by atoms with Gasteiger partial charge in [0, 0.05) is 29.2 Å². The summed E-state index contributed by atoms with van der Waals surface area (Å²) >= 11 is 0. The number of nitrogens with one attached hydrogen (secondary N) is 2. The maximum Gasteiger partial charge on any atom is 0.246 e. The van der Waals surface area contributed by atoms with E-state index >= 15 is 0 Å². The lowest BCUT2D eigenvalue weighted by atomic mass is 9.95. The van der Waals surface area contributed by atoms with Gasteiger partial charge in [-0.05, 0) is 31.2 Å². The van der Waals surface area contributed by atoms with Crippen molar-refractivity contribution in [1.29, 1.82) is 0 Å². The van der Waals surface area contributed by atoms with Gasteiger partial charge in [-0.3, -0.25) is 9.59 Å². The highest BCUT2D eigenvalue weighted by Crippen LogP contribution is 2.15. The predicted molar refractivity (Wildman–Crippen MR) is 89.3 cm³/mol. The Morgan fingerprint density at radius 2 is 1.83 bits per heavy atom. The van der Waals surface area contributed by atoms with Crippen LogP contribution in [0.1, 0.15) is 27.7 Å². The van der Waals surface area contributed by atoms with Crippen LogP contribution in [0.25, 0.3) is 5.69 Å². The Hall–Kier alpha value is -2.63. The fraction of sp³-hybridized carbons (Fsp3) is 0.353. The van der Waals surface area contributed by atoms with Crippen molar-refractivity contribution < 1.29 is 9.59 Å². The van der Waals surface area contributed by atoms with Gasteiger partial charge in [0.25, 0.3) is 0 Å². The smallest absolute Gasteiger partial charge is 0.246 e. The van der Waals surface area contributed by atoms with Crippen molar-refractivity contribution in [3.63, 3.8) is 0 Å². The zero-order valence-corrected chi connectivity index (χ0v) is 13.8. The van der Waals surface area contributed by atoms with Gasteiger partial charge in [-0.1, -0.05) is 20.8 Å². The summed E-state index contributed by atoms with van der Waals surface area (Å²) in [6, 6.07) is 6.79. The standard InChI is InChI=1S/C17H22N4O2/c1-12(19-16(23)17(2,3)4)15(22)20-13-5-7-14(8-6-13)21-10-9-18-11-21/h5-12H,1-4H3,(H,19,23)(H,20,22)/t12-/m0/s1. The van der Waals surface area contributed by atoms with E-state index < -0.39 is 11.5 Å². The van der Waals surface area contributed by atoms with Crippen molar-refractivity contribution in [3.05, 3.63) is 43.0 Å². The van der Waals surface area contributed by atoms with Crippen LogP contribution in [0.3, 0.4) is 0 Å². The van der Waals surface area contributed by atoms with E-state index in [0.717, 1.165) is 5.69 Å². The van der Waals surface area contributed by atoms with Crippen molar-refractivity contribution >= 4 is 17.5 Å². The lowest BCUT2D eigenvalue weighted by Gasteiger charge is -2.21. The monoisotopic (exact) mass is 314 g/mol. The Morgan fingerprint density at radius 3 is 2.35 bits per heavy atom. The largest absolute Gasteiger partial charge is 0.344 e. The van der Waals surface area contributed by atoms with E-state index in [1.165, 1.54) is 0 Å². The number of nitrogens with zero attached hydrogens (tertiary/aromatic N) is 2. The molecule has 0 radical (unpaired) electrons. The zero-order valence-electron chi connectivity index (χ0n) is 13.8. The number of hydrogen-bond donors (Lipinski definition) is 2. The maximum absolute atomic E-state index is 12.1. The molecule has 0 unspecified atom stereocenters. The first-order chi connectivity index (χ1) is 10.8. The number of anilines is 1. The number of rotatable bonds is 4. The number of aromatic nitrogens is 2. The summed E-state index contributed by atoms with van der Waals surface area (Å²) in [5.74, 6) is -0.409. The topological polar surface area (TPSA) is 76.0 Å². The van der Waals surface area contributed by atoms with E-state index in [1.807, 2.05) is 55.8 Å². The molecular formula is C17H22N4O2. The van der Waals surface area contributed by atoms with E-state index in [0.29, 0.717) is 5.69 Å². The van der Waals surface area contributed by atoms with Crippen LogP contribution in [0, 0.1) is 5.41 Å². The number of hydrogen-bond acceptors (Lipinski definition) is 3. The first kappa shape index (κ1) is 16.7. The quantitative estimate of drug-likeness (QED) is 0.909. The molecule has 0 bridgehead atoms. The molecule has 1 atom stereocenters. The van der Waals surface area contributed by atoms with Crippen molar-refractivity contribution in [3.8, 4) is 5.69 Å². The molecule has 23 heavy (non-hydrogen) atoms. The van der Waals surface area contributed by atoms with Gasteiger partial charge in [-0.15, -0.1) is 0 Å². The predicted octanol–water partition coefficient (Wildman–Crippen LogP) is 2.36. The minimum Gasteiger partial charge on any atom is -0.344 e. The van der Waals surface area contributed by atoms with Gasteiger partial charge in [-0.25, -0.2) is 4.98 Å². The molecule has 1 aromatic heterocycles. The average Bonchev–Trinajstić information content (AvgIpc) is 3.01. The van der Waals surface area contributed by atoms with Gasteiger partial charge in [-0.2, -0.15) is 0 Å². The van der Waals surface area contributed by atoms with Gasteiger partial charge in [0.15, 0.2) is 0 Å². The molecule has 0 aliphatic carbocycles. The number of carbonyl (C=O) groups excluding carboxylic acids is 2. The Balaban J connectivity index is 1.96. The molecular weight excluding hydrogens is 292 g/mol. The van der Waals surface area contributed by atoms with Crippen molar-refractivity contribution in [2.75, 3.05) is 5.32 Å². The molecule has 1 heterocycles. The van der Waals surface area contributed by atoms with Crippen LogP contribution >= 0.6 is 0 Å². The molecule has 2 N–H and O–H groups in total. The first-order valence-electron chi connectivity index (χ1n) is 7.47. The fourth-order valence-corrected chi connectivity index (χ4v) is 1.86. The molecule has 0 aliphatic rings. The van der Waals surface area contributed by atoms with Crippen LogP contribution in [0.2, 0.25) is 0 Å². The van der Waals surface area contributed by atoms with E-state index in [4.69, 9.17) is 0 Å². The lowest BCUT2D eigenvalue weighted by molar-refractivity contribution is -0.131. The minimum atomic E-state index is -0.602. The molecule has 0 saturated heterocycles. The Bertz CT molecular complexity index is 670. The maximum atomic E-state index is 12.1. The van der Waals surface area contributed by atoms with Crippen LogP contribution < -0.4 is 10.6 Å². The average molecular weight is 314 g/mol. The second-order valence-electron chi connectivity index (χ2n) is 6.45. The number of amides is 2. The fourth-order valence-electron chi connectivity index (χ4n) is 1.86. The highest BCUT2D eigenvalue weighted by atomic mass is 16.2. The van der Waals surface area contributed by atoms with Crippen molar-refractivity contribution in [2.45, 2.75) is 33.7 Å². The van der Waals surface area contributed by atoms with Gasteiger partial charge in [0.1, 0.15) is 6.04 Å². The second-order valence-corrected chi connectivity index (χ2v) is 6.45. The van der Waals surface area contributed by atoms with Crippen LogP contribution in [-0.4, -0.2) is 27.4 Å². The minimum absolute atomic E-state index is 0.157. The molecule has 0 fully saturated rings. The van der Waals surface area contributed by atoms with E-state index in [9.17, 15) is 9.59 Å². The summed E-state index contributed by atoms with van der Waals surface area (Å²) in [6.45, 7) is 7.09. The molecule has 2 rings (SSSR count). The van der Waals surface area contributed by atoms with Gasteiger partial charge in [0.05, 0.1) is 6.33 Å². The lowest BCUT2D eigenvalue weighted by Crippen LogP contribution is -2.46. The highest BCUT2D eigenvalue weighted by molar-refractivity contribution is 5.97. The Morgan fingerprint density at radius 1 is 1.17 bits per heavy atom. The molecule has 122 valence electrons. The number of imidazole rings is 1. The summed E-state index contributed by atoms with van der Waals surface area (Å²) in [5.41, 5.74) is 1.10. The summed E-state index contributed by atoms with van der Waals surface area (Å²) < 4.78 is 1.87. The van der Waals surface area contributed by atoms with E-state index in [1.54, 1.807) is 19.4 Å². The first-order valence-corrected chi connectivity index (χ1v) is 7.47. The third-order valence-corrected chi connectivity index (χ3v) is 3.36. The van der Waals surface area contributed by atoms with Crippen LogP contribution in [0.5, 0.6) is 0 Å². The second kappa shape index (κ2) is 6.64. The van der Waals surface area contributed by atoms with Gasteiger partial charge >= 0.3 is 0 Å². The molecule has 2 amide bonds. The van der Waals surface area contributed by atoms with E-state index in [2.05, 4.69) is 15.6 Å². The Kier molecular flexibility index (Phi) is 4.83. The summed E-state index contributed by atoms with van der Waals surface area (Å²) in [7, 11) is 0. The third-order valence-electron chi connectivity index (χ3n) is 3.36. The molecule has 0 saturated carbocycles. The summed E-state index contributed by atoms with van der Waals surface area (Å²) in [6.07, 6.45) is 5.25.